The molecule has 3 heteroatoms. The van der Waals surface area contributed by atoms with Crippen molar-refractivity contribution in [2.24, 2.45) is 23.5 Å². The van der Waals surface area contributed by atoms with Gasteiger partial charge in [-0.25, -0.2) is 0 Å². The second-order valence-electron chi connectivity index (χ2n) is 6.82. The third-order valence-corrected chi connectivity index (χ3v) is 5.77. The Labute approximate surface area is 110 Å². The topological polar surface area (TPSA) is 55.1 Å². The largest absolute Gasteiger partial charge is 0.368 e. The van der Waals surface area contributed by atoms with Crippen LogP contribution in [0.15, 0.2) is 0 Å². The number of nitrogens with two attached hydrogens (primary N) is 1. The molecule has 0 aliphatic heterocycles. The SMILES string of the molecule is NC(=O)C1(NCC2CC3CCC2C3)CCCCC1. The van der Waals surface area contributed by atoms with Gasteiger partial charge in [0.1, 0.15) is 0 Å². The number of carbonyl (C=O) groups is 1. The molecule has 3 atom stereocenters. The van der Waals surface area contributed by atoms with Crippen LogP contribution in [-0.4, -0.2) is 18.0 Å². The predicted molar refractivity (Wildman–Crippen MR) is 72.0 cm³/mol. The summed E-state index contributed by atoms with van der Waals surface area (Å²) < 4.78 is 0. The molecule has 18 heavy (non-hydrogen) atoms. The molecule has 3 fully saturated rings. The van der Waals surface area contributed by atoms with Crippen molar-refractivity contribution in [2.45, 2.75) is 63.3 Å². The van der Waals surface area contributed by atoms with Gasteiger partial charge in [-0.15, -0.1) is 0 Å². The van der Waals surface area contributed by atoms with Crippen LogP contribution in [0.1, 0.15) is 57.8 Å². The third-order valence-electron chi connectivity index (χ3n) is 5.77. The first-order valence-corrected chi connectivity index (χ1v) is 7.74. The Balaban J connectivity index is 1.58. The average molecular weight is 250 g/mol. The molecule has 3 N–H and O–H groups in total. The van der Waals surface area contributed by atoms with Gasteiger partial charge in [0.2, 0.25) is 5.91 Å². The maximum Gasteiger partial charge on any atom is 0.237 e. The summed E-state index contributed by atoms with van der Waals surface area (Å²) in [5.74, 6) is 2.60. The first kappa shape index (κ1) is 12.5. The first-order chi connectivity index (χ1) is 8.70. The van der Waals surface area contributed by atoms with Crippen LogP contribution in [0.2, 0.25) is 0 Å². The molecule has 0 saturated heterocycles. The number of nitrogens with one attached hydrogen (secondary N) is 1. The van der Waals surface area contributed by atoms with E-state index in [1.54, 1.807) is 0 Å². The summed E-state index contributed by atoms with van der Waals surface area (Å²) >= 11 is 0. The molecule has 3 nitrogen and oxygen atoms in total. The molecule has 0 spiro atoms. The average Bonchev–Trinajstić information content (AvgIpc) is 2.99. The maximum absolute atomic E-state index is 11.8. The van der Waals surface area contributed by atoms with Crippen molar-refractivity contribution in [3.05, 3.63) is 0 Å². The van der Waals surface area contributed by atoms with Gasteiger partial charge in [-0.1, -0.05) is 25.7 Å². The van der Waals surface area contributed by atoms with Crippen molar-refractivity contribution in [3.63, 3.8) is 0 Å². The molecule has 0 radical (unpaired) electrons. The summed E-state index contributed by atoms with van der Waals surface area (Å²) in [5, 5.41) is 3.59. The molecular weight excluding hydrogens is 224 g/mol. The van der Waals surface area contributed by atoms with Gasteiger partial charge in [-0.05, 0) is 56.4 Å². The Morgan fingerprint density at radius 2 is 1.94 bits per heavy atom. The Bertz CT molecular complexity index is 322. The van der Waals surface area contributed by atoms with Crippen molar-refractivity contribution < 1.29 is 4.79 Å². The Morgan fingerprint density at radius 1 is 1.17 bits per heavy atom. The highest BCUT2D eigenvalue weighted by molar-refractivity contribution is 5.84. The second kappa shape index (κ2) is 4.84. The van der Waals surface area contributed by atoms with Crippen molar-refractivity contribution in [1.82, 2.24) is 5.32 Å². The molecule has 3 aliphatic carbocycles. The lowest BCUT2D eigenvalue weighted by Crippen LogP contribution is -2.57. The second-order valence-corrected chi connectivity index (χ2v) is 6.82. The molecular formula is C15H26N2O. The molecule has 3 saturated carbocycles. The number of hydrogen-bond donors (Lipinski definition) is 2. The van der Waals surface area contributed by atoms with Crippen LogP contribution < -0.4 is 11.1 Å². The fraction of sp³-hybridized carbons (Fsp3) is 0.933. The van der Waals surface area contributed by atoms with Crippen LogP contribution >= 0.6 is 0 Å². The van der Waals surface area contributed by atoms with E-state index in [4.69, 9.17) is 5.73 Å². The third kappa shape index (κ3) is 2.18. The first-order valence-electron chi connectivity index (χ1n) is 7.74. The zero-order valence-corrected chi connectivity index (χ0v) is 11.3. The molecule has 1 amide bonds. The van der Waals surface area contributed by atoms with E-state index in [0.717, 1.165) is 50.0 Å². The van der Waals surface area contributed by atoms with Crippen molar-refractivity contribution in [1.29, 1.82) is 0 Å². The summed E-state index contributed by atoms with van der Waals surface area (Å²) in [4.78, 5) is 11.8. The molecule has 0 heterocycles. The van der Waals surface area contributed by atoms with E-state index >= 15 is 0 Å². The van der Waals surface area contributed by atoms with Crippen LogP contribution in [0.25, 0.3) is 0 Å². The van der Waals surface area contributed by atoms with Crippen molar-refractivity contribution >= 4 is 5.91 Å². The van der Waals surface area contributed by atoms with Gasteiger partial charge in [-0.3, -0.25) is 4.79 Å². The molecule has 3 unspecified atom stereocenters. The highest BCUT2D eigenvalue weighted by Gasteiger charge is 2.42. The van der Waals surface area contributed by atoms with E-state index < -0.39 is 0 Å². The molecule has 3 rings (SSSR count). The Hall–Kier alpha value is -0.570. The summed E-state index contributed by atoms with van der Waals surface area (Å²) in [7, 11) is 0. The van der Waals surface area contributed by atoms with Gasteiger partial charge in [0, 0.05) is 0 Å². The number of carbonyl (C=O) groups excluding carboxylic acids is 1. The smallest absolute Gasteiger partial charge is 0.237 e. The molecule has 0 aromatic carbocycles. The zero-order chi connectivity index (χ0) is 12.6. The fourth-order valence-electron chi connectivity index (χ4n) is 4.62. The summed E-state index contributed by atoms with van der Waals surface area (Å²) in [5.41, 5.74) is 5.29. The molecule has 0 aromatic rings. The number of primary amides is 1. The number of fused-ring (bicyclic) bond motifs is 2. The Morgan fingerprint density at radius 3 is 2.50 bits per heavy atom. The summed E-state index contributed by atoms with van der Waals surface area (Å²) in [6, 6.07) is 0. The monoisotopic (exact) mass is 250 g/mol. The minimum Gasteiger partial charge on any atom is -0.368 e. The van der Waals surface area contributed by atoms with Crippen molar-refractivity contribution in [2.75, 3.05) is 6.54 Å². The van der Waals surface area contributed by atoms with Crippen LogP contribution in [-0.2, 0) is 4.79 Å². The standard InChI is InChI=1S/C15H26N2O/c16-14(18)15(6-2-1-3-7-15)17-10-13-9-11-4-5-12(13)8-11/h11-13,17H,1-10H2,(H2,16,18). The quantitative estimate of drug-likeness (QED) is 0.803. The van der Waals surface area contributed by atoms with Gasteiger partial charge in [0.25, 0.3) is 0 Å². The summed E-state index contributed by atoms with van der Waals surface area (Å²) in [6.07, 6.45) is 11.1. The van der Waals surface area contributed by atoms with Crippen LogP contribution in [0.4, 0.5) is 0 Å². The number of amides is 1. The lowest BCUT2D eigenvalue weighted by molar-refractivity contribution is -0.125. The van der Waals surface area contributed by atoms with E-state index in [9.17, 15) is 4.79 Å². The number of hydrogen-bond acceptors (Lipinski definition) is 2. The van der Waals surface area contributed by atoms with Gasteiger partial charge < -0.3 is 11.1 Å². The van der Waals surface area contributed by atoms with E-state index in [1.807, 2.05) is 0 Å². The van der Waals surface area contributed by atoms with E-state index in [2.05, 4.69) is 5.32 Å². The summed E-state index contributed by atoms with van der Waals surface area (Å²) in [6.45, 7) is 1.02. The predicted octanol–water partition coefficient (Wildman–Crippen LogP) is 2.20. The molecule has 2 bridgehead atoms. The molecule has 0 aromatic heterocycles. The van der Waals surface area contributed by atoms with Gasteiger partial charge >= 0.3 is 0 Å². The van der Waals surface area contributed by atoms with E-state index in [0.29, 0.717) is 0 Å². The van der Waals surface area contributed by atoms with Gasteiger partial charge in [-0.2, -0.15) is 0 Å². The highest BCUT2D eigenvalue weighted by atomic mass is 16.1. The minimum absolute atomic E-state index is 0.120. The van der Waals surface area contributed by atoms with Crippen LogP contribution in [0, 0.1) is 17.8 Å². The number of rotatable bonds is 4. The molecule has 3 aliphatic rings. The van der Waals surface area contributed by atoms with Crippen LogP contribution in [0.5, 0.6) is 0 Å². The highest BCUT2D eigenvalue weighted by Crippen LogP contribution is 2.48. The maximum atomic E-state index is 11.8. The zero-order valence-electron chi connectivity index (χ0n) is 11.3. The van der Waals surface area contributed by atoms with Crippen LogP contribution in [0.3, 0.4) is 0 Å². The minimum atomic E-state index is -0.375. The van der Waals surface area contributed by atoms with Gasteiger partial charge in [0.05, 0.1) is 5.54 Å². The van der Waals surface area contributed by atoms with E-state index in [-0.39, 0.29) is 11.4 Å². The van der Waals surface area contributed by atoms with Crippen molar-refractivity contribution in [3.8, 4) is 0 Å². The van der Waals surface area contributed by atoms with E-state index in [1.165, 1.54) is 32.1 Å². The lowest BCUT2D eigenvalue weighted by atomic mass is 9.80. The normalized spacial score (nSPS) is 37.9. The fourth-order valence-corrected chi connectivity index (χ4v) is 4.62. The van der Waals surface area contributed by atoms with Gasteiger partial charge in [0.15, 0.2) is 0 Å². The Kier molecular flexibility index (Phi) is 3.35. The lowest BCUT2D eigenvalue weighted by Gasteiger charge is -2.37. The molecule has 102 valence electrons.